The Morgan fingerprint density at radius 3 is 0.954 bits per heavy atom. The number of Topliss-reactive ketones (excluding diaryl/α,β-unsaturated/α-hetero) is 2. The molecule has 6 heterocycles. The molecule has 0 amide bonds. The first-order chi connectivity index (χ1) is 53.0. The Hall–Kier alpha value is -3.78. The van der Waals surface area contributed by atoms with Gasteiger partial charge in [0.05, 0.1) is 44.0 Å². The lowest BCUT2D eigenvalue weighted by Crippen LogP contribution is -2.39. The van der Waals surface area contributed by atoms with E-state index in [1.807, 2.05) is 45.3 Å². The lowest BCUT2D eigenvalue weighted by molar-refractivity contribution is 0.0839. The first-order valence-electron chi connectivity index (χ1n) is 45.2. The maximum absolute atomic E-state index is 17.2. The van der Waals surface area contributed by atoms with Crippen LogP contribution in [0, 0.1) is 25.7 Å². The van der Waals surface area contributed by atoms with Crippen molar-refractivity contribution in [2.75, 3.05) is 0 Å². The minimum atomic E-state index is -0.654. The summed E-state index contributed by atoms with van der Waals surface area (Å²) in [5.74, 6) is 1.94. The summed E-state index contributed by atoms with van der Waals surface area (Å²) in [4.78, 5) is 42.5. The average Bonchev–Trinajstić information content (AvgIpc) is 1.54. The van der Waals surface area contributed by atoms with Gasteiger partial charge in [0.25, 0.3) is 0 Å². The molecular weight excluding hydrogens is 1430 g/mol. The molecule has 2 atom stereocenters. The maximum Gasteiger partial charge on any atom is 0.174 e. The number of rotatable bonds is 59. The molecule has 0 saturated heterocycles. The standard InChI is InChI=1S/C96H142N4O2S6/c1-9-15-21-27-31-33-35-39-45-51-63-95(64-52-46-40-36-34-32-28-22-16-10-2)80-69-84(105-91(80)89-78(93(95)101)67-72(8)103-89)77-60-59-76(87-88(77)100-108-99-87)82-68-79-90(104-82)92-81(70-83(106-92)75-58-57-71(7)85-86(75)98-107-97-85)96(94(79)102,65-61-73(53-47-41-25-19-13-5)55-49-43-37-29-23-17-11-3)66-62-74(54-48-42-26-20-14-6)56-50-44-38-30-24-18-12-4/h57-60,67-70,73-74H,9-56,61-66H2,1-8H3. The van der Waals surface area contributed by atoms with E-state index in [0.29, 0.717) is 23.4 Å². The Balaban J connectivity index is 1.03. The first kappa shape index (κ1) is 86.6. The minimum Gasteiger partial charge on any atom is -0.293 e. The zero-order valence-electron chi connectivity index (χ0n) is 69.0. The third-order valence-corrected chi connectivity index (χ3v) is 31.4. The molecule has 2 aliphatic rings. The van der Waals surface area contributed by atoms with Crippen molar-refractivity contribution in [1.82, 2.24) is 17.5 Å². The van der Waals surface area contributed by atoms with Crippen LogP contribution in [-0.2, 0) is 10.8 Å². The third-order valence-electron chi connectivity index (χ3n) is 25.4. The van der Waals surface area contributed by atoms with Crippen molar-refractivity contribution in [1.29, 1.82) is 0 Å². The van der Waals surface area contributed by atoms with E-state index in [4.69, 9.17) is 17.5 Å². The molecule has 0 N–H and O–H groups in total. The van der Waals surface area contributed by atoms with Gasteiger partial charge in [-0.05, 0) is 105 Å². The summed E-state index contributed by atoms with van der Waals surface area (Å²) >= 11 is 10.1. The number of nitrogens with zero attached hydrogens (tertiary/aromatic N) is 4. The van der Waals surface area contributed by atoms with E-state index < -0.39 is 10.8 Å². The van der Waals surface area contributed by atoms with Crippen molar-refractivity contribution < 1.29 is 9.59 Å². The van der Waals surface area contributed by atoms with Gasteiger partial charge in [0.1, 0.15) is 22.1 Å². The molecule has 594 valence electrons. The number of fused-ring (bicyclic) bond motifs is 8. The SMILES string of the molecule is CCCCCCCCCCCCC1(CCCCCCCCCCCC)C(=O)c2cc(C)sc2-c2sc(-c3ccc(-c4cc5c(s4)-c4sc(-c6ccc(C)c7nsnc67)cc4C(CCC(CCCCCCC)CCCCCCCCC)(CCC(CCCCCCC)CCCCCCCCC)C5=O)c4nsnc34)cc21. The molecule has 10 rings (SSSR count). The lowest BCUT2D eigenvalue weighted by atomic mass is 9.63. The van der Waals surface area contributed by atoms with Crippen molar-refractivity contribution in [3.63, 3.8) is 0 Å². The molecule has 2 aliphatic carbocycles. The van der Waals surface area contributed by atoms with Gasteiger partial charge in [-0.1, -0.05) is 374 Å². The zero-order valence-corrected chi connectivity index (χ0v) is 73.9. The van der Waals surface area contributed by atoms with E-state index >= 15 is 9.59 Å². The van der Waals surface area contributed by atoms with Crippen LogP contribution in [-0.4, -0.2) is 29.1 Å². The number of aryl methyl sites for hydroxylation is 2. The van der Waals surface area contributed by atoms with Gasteiger partial charge in [0.2, 0.25) is 0 Å². The fraction of sp³-hybridized carbons (Fsp3) is 0.688. The van der Waals surface area contributed by atoms with Gasteiger partial charge in [0.15, 0.2) is 11.6 Å². The molecule has 2 unspecified atom stereocenters. The molecular formula is C96H142N4O2S6. The number of hydrogen-bond acceptors (Lipinski definition) is 12. The Labute approximate surface area is 680 Å². The average molecular weight is 1580 g/mol. The van der Waals surface area contributed by atoms with Crippen LogP contribution in [0.2, 0.25) is 0 Å². The molecule has 0 spiro atoms. The van der Waals surface area contributed by atoms with Gasteiger partial charge in [-0.3, -0.25) is 9.59 Å². The fourth-order valence-electron chi connectivity index (χ4n) is 18.7. The van der Waals surface area contributed by atoms with Crippen molar-refractivity contribution in [2.45, 2.75) is 413 Å². The number of carbonyl (C=O) groups is 2. The number of benzene rings is 2. The number of carbonyl (C=O) groups excluding carboxylic acids is 2. The minimum absolute atomic E-state index is 0.363. The second kappa shape index (κ2) is 46.5. The molecule has 0 aliphatic heterocycles. The van der Waals surface area contributed by atoms with Crippen LogP contribution < -0.4 is 0 Å². The van der Waals surface area contributed by atoms with E-state index in [9.17, 15) is 0 Å². The van der Waals surface area contributed by atoms with Crippen molar-refractivity contribution in [3.05, 3.63) is 81.2 Å². The molecule has 0 bridgehead atoms. The highest BCUT2D eigenvalue weighted by Gasteiger charge is 2.50. The van der Waals surface area contributed by atoms with E-state index in [-0.39, 0.29) is 0 Å². The van der Waals surface area contributed by atoms with E-state index in [0.717, 1.165) is 117 Å². The van der Waals surface area contributed by atoms with Crippen LogP contribution in [0.5, 0.6) is 0 Å². The van der Waals surface area contributed by atoms with Gasteiger partial charge >= 0.3 is 0 Å². The Kier molecular flexibility index (Phi) is 37.3. The highest BCUT2D eigenvalue weighted by molar-refractivity contribution is 7.26. The molecule has 108 heavy (non-hydrogen) atoms. The number of ketones is 2. The van der Waals surface area contributed by atoms with Gasteiger partial charge in [-0.2, -0.15) is 17.5 Å². The van der Waals surface area contributed by atoms with Gasteiger partial charge in [-0.15, -0.1) is 45.3 Å². The van der Waals surface area contributed by atoms with E-state index in [1.165, 1.54) is 359 Å². The zero-order chi connectivity index (χ0) is 75.8. The third kappa shape index (κ3) is 23.3. The molecule has 6 aromatic heterocycles. The fourth-order valence-corrected chi connectivity index (χ4v) is 25.0. The van der Waals surface area contributed by atoms with E-state index in [1.54, 1.807) is 0 Å². The smallest absolute Gasteiger partial charge is 0.174 e. The summed E-state index contributed by atoms with van der Waals surface area (Å²) in [6.45, 7) is 18.3. The van der Waals surface area contributed by atoms with Crippen LogP contribution in [0.4, 0.5) is 0 Å². The Morgan fingerprint density at radius 1 is 0.287 bits per heavy atom. The van der Waals surface area contributed by atoms with Crippen LogP contribution >= 0.6 is 68.8 Å². The monoisotopic (exact) mass is 1570 g/mol. The summed E-state index contributed by atoms with van der Waals surface area (Å²) in [6, 6.07) is 18.7. The second-order valence-corrected chi connectivity index (χ2v) is 39.4. The number of hydrogen-bond donors (Lipinski definition) is 0. The maximum atomic E-state index is 17.2. The van der Waals surface area contributed by atoms with Gasteiger partial charge in [-0.25, -0.2) is 0 Å². The lowest BCUT2D eigenvalue weighted by Gasteiger charge is -2.38. The number of unbranched alkanes of at least 4 members (excludes halogenated alkanes) is 38. The quantitative estimate of drug-likeness (QED) is 0.0353. The molecule has 0 fully saturated rings. The van der Waals surface area contributed by atoms with Crippen LogP contribution in [0.25, 0.3) is 72.9 Å². The molecule has 0 radical (unpaired) electrons. The van der Waals surface area contributed by atoms with Crippen LogP contribution in [0.15, 0.2) is 48.5 Å². The summed E-state index contributed by atoms with van der Waals surface area (Å²) in [7, 11) is 0. The summed E-state index contributed by atoms with van der Waals surface area (Å²) in [6.07, 6.45) is 68.3. The molecule has 8 aromatic rings. The van der Waals surface area contributed by atoms with Gasteiger partial charge < -0.3 is 0 Å². The summed E-state index contributed by atoms with van der Waals surface area (Å²) < 4.78 is 20.4. The van der Waals surface area contributed by atoms with Crippen LogP contribution in [0.1, 0.15) is 431 Å². The number of thiophene rings is 4. The number of aromatic nitrogens is 4. The van der Waals surface area contributed by atoms with Crippen molar-refractivity contribution in [2.24, 2.45) is 11.8 Å². The largest absolute Gasteiger partial charge is 0.293 e. The molecule has 6 nitrogen and oxygen atoms in total. The van der Waals surface area contributed by atoms with Crippen molar-refractivity contribution in [3.8, 4) is 50.8 Å². The molecule has 2 aromatic carbocycles. The highest BCUT2D eigenvalue weighted by Crippen LogP contribution is 2.60. The van der Waals surface area contributed by atoms with Gasteiger partial charge in [0, 0.05) is 57.1 Å². The Morgan fingerprint density at radius 2 is 0.574 bits per heavy atom. The molecule has 0 saturated carbocycles. The molecule has 12 heteroatoms. The highest BCUT2D eigenvalue weighted by atomic mass is 32.1. The van der Waals surface area contributed by atoms with E-state index in [2.05, 4.69) is 104 Å². The summed E-state index contributed by atoms with van der Waals surface area (Å²) in [5.41, 5.74) is 11.5. The topological polar surface area (TPSA) is 85.7 Å². The normalized spacial score (nSPS) is 15.3. The predicted molar refractivity (Wildman–Crippen MR) is 479 cm³/mol. The first-order valence-corrected chi connectivity index (χ1v) is 49.9. The van der Waals surface area contributed by atoms with Crippen molar-refractivity contribution >= 4 is 102 Å². The predicted octanol–water partition coefficient (Wildman–Crippen LogP) is 34.2. The summed E-state index contributed by atoms with van der Waals surface area (Å²) in [5, 5.41) is 0. The Bertz CT molecular complexity index is 3860. The van der Waals surface area contributed by atoms with Crippen LogP contribution in [0.3, 0.4) is 0 Å². The second-order valence-electron chi connectivity index (χ2n) is 33.9.